The summed E-state index contributed by atoms with van der Waals surface area (Å²) in [4.78, 5) is 8.23. The van der Waals surface area contributed by atoms with Crippen LogP contribution < -0.4 is 5.73 Å². The summed E-state index contributed by atoms with van der Waals surface area (Å²) in [5.74, 6) is 0. The minimum atomic E-state index is 0.732. The van der Waals surface area contributed by atoms with Crippen LogP contribution in [0, 0.1) is 6.92 Å². The molecule has 16 heavy (non-hydrogen) atoms. The van der Waals surface area contributed by atoms with Crippen molar-refractivity contribution in [3.05, 3.63) is 42.0 Å². The normalized spacial score (nSPS) is 11.1. The van der Waals surface area contributed by atoms with Crippen molar-refractivity contribution in [3.63, 3.8) is 0 Å². The molecule has 0 aliphatic rings. The van der Waals surface area contributed by atoms with Crippen LogP contribution in [-0.4, -0.2) is 22.8 Å². The standard InChI is InChI=1S/C12H14N4/c1-9-7-16(8-15-9)12-4-3-11(13)5-10(12)6-14-2/h3-8H,13H2,1-2H3. The fraction of sp³-hybridized carbons (Fsp3) is 0.167. The van der Waals surface area contributed by atoms with Gasteiger partial charge in [-0.25, -0.2) is 4.98 Å². The summed E-state index contributed by atoms with van der Waals surface area (Å²) in [6.45, 7) is 1.96. The van der Waals surface area contributed by atoms with Gasteiger partial charge in [0.15, 0.2) is 0 Å². The zero-order valence-electron chi connectivity index (χ0n) is 9.38. The van der Waals surface area contributed by atoms with Crippen molar-refractivity contribution >= 4 is 11.9 Å². The van der Waals surface area contributed by atoms with Gasteiger partial charge in [-0.15, -0.1) is 0 Å². The number of hydrogen-bond donors (Lipinski definition) is 1. The van der Waals surface area contributed by atoms with E-state index in [2.05, 4.69) is 9.98 Å². The number of hydrogen-bond acceptors (Lipinski definition) is 3. The molecule has 0 atom stereocenters. The molecule has 0 aliphatic heterocycles. The first-order chi connectivity index (χ1) is 7.70. The van der Waals surface area contributed by atoms with Crippen molar-refractivity contribution in [2.24, 2.45) is 4.99 Å². The van der Waals surface area contributed by atoms with Gasteiger partial charge in [0.25, 0.3) is 0 Å². The van der Waals surface area contributed by atoms with Gasteiger partial charge in [0.2, 0.25) is 0 Å². The summed E-state index contributed by atoms with van der Waals surface area (Å²) in [5, 5.41) is 0. The molecule has 0 saturated heterocycles. The zero-order valence-corrected chi connectivity index (χ0v) is 9.38. The van der Waals surface area contributed by atoms with E-state index in [0.717, 1.165) is 22.6 Å². The molecule has 2 aromatic rings. The molecule has 0 unspecified atom stereocenters. The quantitative estimate of drug-likeness (QED) is 0.612. The Morgan fingerprint density at radius 2 is 2.25 bits per heavy atom. The van der Waals surface area contributed by atoms with Crippen LogP contribution in [0.3, 0.4) is 0 Å². The van der Waals surface area contributed by atoms with Crippen LogP contribution in [0.2, 0.25) is 0 Å². The molecule has 0 saturated carbocycles. The van der Waals surface area contributed by atoms with Crippen LogP contribution in [0.1, 0.15) is 11.3 Å². The summed E-state index contributed by atoms with van der Waals surface area (Å²) in [6, 6.07) is 5.74. The molecular formula is C12H14N4. The maximum Gasteiger partial charge on any atom is 0.0995 e. The first-order valence-electron chi connectivity index (χ1n) is 5.03. The third-order valence-corrected chi connectivity index (χ3v) is 2.31. The first-order valence-corrected chi connectivity index (χ1v) is 5.03. The number of benzene rings is 1. The van der Waals surface area contributed by atoms with E-state index in [0.29, 0.717) is 0 Å². The van der Waals surface area contributed by atoms with Crippen LogP contribution in [0.4, 0.5) is 5.69 Å². The van der Waals surface area contributed by atoms with Crippen LogP contribution in [0.15, 0.2) is 35.7 Å². The lowest BCUT2D eigenvalue weighted by Crippen LogP contribution is -1.98. The molecule has 4 heteroatoms. The fourth-order valence-electron chi connectivity index (χ4n) is 1.60. The number of nitrogens with two attached hydrogens (primary N) is 1. The van der Waals surface area contributed by atoms with Gasteiger partial charge in [-0.05, 0) is 25.1 Å². The molecule has 2 N–H and O–H groups in total. The zero-order chi connectivity index (χ0) is 11.5. The Morgan fingerprint density at radius 1 is 1.44 bits per heavy atom. The second kappa shape index (κ2) is 4.18. The maximum atomic E-state index is 5.75. The van der Waals surface area contributed by atoms with Gasteiger partial charge in [-0.3, -0.25) is 4.99 Å². The number of aliphatic imine (C=N–C) groups is 1. The van der Waals surface area contributed by atoms with E-state index in [-0.39, 0.29) is 0 Å². The number of nitrogen functional groups attached to an aromatic ring is 1. The van der Waals surface area contributed by atoms with Gasteiger partial charge in [0.05, 0.1) is 17.7 Å². The molecule has 0 bridgehead atoms. The van der Waals surface area contributed by atoms with Gasteiger partial charge in [0, 0.05) is 30.7 Å². The van der Waals surface area contributed by atoms with E-state index < -0.39 is 0 Å². The molecule has 1 heterocycles. The van der Waals surface area contributed by atoms with Crippen molar-refractivity contribution in [3.8, 4) is 5.69 Å². The maximum absolute atomic E-state index is 5.75. The lowest BCUT2D eigenvalue weighted by atomic mass is 10.1. The number of aromatic nitrogens is 2. The lowest BCUT2D eigenvalue weighted by Gasteiger charge is -2.07. The largest absolute Gasteiger partial charge is 0.399 e. The minimum absolute atomic E-state index is 0.732. The Balaban J connectivity index is 2.55. The highest BCUT2D eigenvalue weighted by molar-refractivity contribution is 5.86. The average Bonchev–Trinajstić information content (AvgIpc) is 2.65. The van der Waals surface area contributed by atoms with Gasteiger partial charge < -0.3 is 10.3 Å². The van der Waals surface area contributed by atoms with Gasteiger partial charge in [-0.1, -0.05) is 0 Å². The Morgan fingerprint density at radius 3 is 2.88 bits per heavy atom. The van der Waals surface area contributed by atoms with E-state index in [1.807, 2.05) is 35.9 Å². The number of rotatable bonds is 2. The van der Waals surface area contributed by atoms with Crippen molar-refractivity contribution in [2.75, 3.05) is 12.8 Å². The summed E-state index contributed by atoms with van der Waals surface area (Å²) < 4.78 is 1.96. The van der Waals surface area contributed by atoms with E-state index >= 15 is 0 Å². The molecule has 0 aliphatic carbocycles. The fourth-order valence-corrected chi connectivity index (χ4v) is 1.60. The van der Waals surface area contributed by atoms with E-state index in [4.69, 9.17) is 5.73 Å². The van der Waals surface area contributed by atoms with Gasteiger partial charge in [-0.2, -0.15) is 0 Å². The monoisotopic (exact) mass is 214 g/mol. The van der Waals surface area contributed by atoms with Crippen LogP contribution in [-0.2, 0) is 0 Å². The summed E-state index contributed by atoms with van der Waals surface area (Å²) in [5.41, 5.74) is 9.48. The molecule has 82 valence electrons. The third kappa shape index (κ3) is 1.95. The third-order valence-electron chi connectivity index (χ3n) is 2.31. The first kappa shape index (κ1) is 10.4. The van der Waals surface area contributed by atoms with E-state index in [1.165, 1.54) is 0 Å². The number of nitrogens with zero attached hydrogens (tertiary/aromatic N) is 3. The summed E-state index contributed by atoms with van der Waals surface area (Å²) in [7, 11) is 1.74. The molecule has 0 radical (unpaired) electrons. The molecule has 1 aromatic heterocycles. The van der Waals surface area contributed by atoms with E-state index in [9.17, 15) is 0 Å². The Hall–Kier alpha value is -2.10. The van der Waals surface area contributed by atoms with Gasteiger partial charge in [0.1, 0.15) is 0 Å². The molecule has 1 aromatic carbocycles. The topological polar surface area (TPSA) is 56.2 Å². The van der Waals surface area contributed by atoms with Crippen molar-refractivity contribution < 1.29 is 0 Å². The highest BCUT2D eigenvalue weighted by Crippen LogP contribution is 2.16. The molecule has 2 rings (SSSR count). The molecule has 0 spiro atoms. The van der Waals surface area contributed by atoms with Crippen LogP contribution in [0.5, 0.6) is 0 Å². The molecule has 0 amide bonds. The number of aryl methyl sites for hydroxylation is 1. The summed E-state index contributed by atoms with van der Waals surface area (Å²) in [6.07, 6.45) is 5.55. The average molecular weight is 214 g/mol. The SMILES string of the molecule is CN=Cc1cc(N)ccc1-n1cnc(C)c1. The second-order valence-electron chi connectivity index (χ2n) is 3.63. The predicted molar refractivity (Wildman–Crippen MR) is 66.2 cm³/mol. The molecular weight excluding hydrogens is 200 g/mol. The highest BCUT2D eigenvalue weighted by Gasteiger charge is 2.03. The van der Waals surface area contributed by atoms with Gasteiger partial charge >= 0.3 is 0 Å². The number of imidazole rings is 1. The minimum Gasteiger partial charge on any atom is -0.399 e. The van der Waals surface area contributed by atoms with Crippen molar-refractivity contribution in [1.29, 1.82) is 0 Å². The Kier molecular flexibility index (Phi) is 2.72. The highest BCUT2D eigenvalue weighted by atomic mass is 15.0. The smallest absolute Gasteiger partial charge is 0.0995 e. The van der Waals surface area contributed by atoms with Crippen molar-refractivity contribution in [2.45, 2.75) is 6.92 Å². The van der Waals surface area contributed by atoms with Crippen LogP contribution >= 0.6 is 0 Å². The van der Waals surface area contributed by atoms with Crippen molar-refractivity contribution in [1.82, 2.24) is 9.55 Å². The summed E-state index contributed by atoms with van der Waals surface area (Å²) >= 11 is 0. The molecule has 4 nitrogen and oxygen atoms in total. The Bertz CT molecular complexity index is 526. The lowest BCUT2D eigenvalue weighted by molar-refractivity contribution is 1.05. The number of anilines is 1. The van der Waals surface area contributed by atoms with E-state index in [1.54, 1.807) is 19.6 Å². The molecule has 0 fully saturated rings. The Labute approximate surface area is 94.5 Å². The van der Waals surface area contributed by atoms with Crippen LogP contribution in [0.25, 0.3) is 5.69 Å². The second-order valence-corrected chi connectivity index (χ2v) is 3.63. The predicted octanol–water partition coefficient (Wildman–Crippen LogP) is 1.81.